The molecule has 0 aliphatic carbocycles. The van der Waals surface area contributed by atoms with Crippen molar-refractivity contribution in [3.63, 3.8) is 0 Å². The highest BCUT2D eigenvalue weighted by Crippen LogP contribution is 2.33. The second-order valence-electron chi connectivity index (χ2n) is 5.17. The van der Waals surface area contributed by atoms with Crippen molar-refractivity contribution >= 4 is 0 Å². The predicted molar refractivity (Wildman–Crippen MR) is 74.5 cm³/mol. The summed E-state index contributed by atoms with van der Waals surface area (Å²) in [7, 11) is 0. The van der Waals surface area contributed by atoms with Gasteiger partial charge in [-0.2, -0.15) is 0 Å². The average Bonchev–Trinajstić information content (AvgIpc) is 3.17. The lowest BCUT2D eigenvalue weighted by Gasteiger charge is -2.20. The average molecular weight is 271 g/mol. The number of nitrogens with one attached hydrogen (secondary N) is 1. The Morgan fingerprint density at radius 1 is 1.20 bits per heavy atom. The third-order valence-corrected chi connectivity index (χ3v) is 3.89. The van der Waals surface area contributed by atoms with Crippen LogP contribution in [0.2, 0.25) is 0 Å². The first-order chi connectivity index (χ1) is 9.92. The summed E-state index contributed by atoms with van der Waals surface area (Å²) in [6, 6.07) is 6.43. The highest BCUT2D eigenvalue weighted by Gasteiger charge is 2.21. The van der Waals surface area contributed by atoms with E-state index in [4.69, 9.17) is 9.47 Å². The standard InChI is InChI=1S/C15H17N3O2/c1-2-12(17-5-1)13-9-16-10-18(13)11-3-4-14-15(8-11)20-7-6-19-14/h3-4,8-10,12,17H,1-2,5-7H2. The summed E-state index contributed by atoms with van der Waals surface area (Å²) in [6.45, 7) is 2.31. The van der Waals surface area contributed by atoms with Crippen molar-refractivity contribution in [3.8, 4) is 17.2 Å². The van der Waals surface area contributed by atoms with E-state index in [-0.39, 0.29) is 0 Å². The number of ether oxygens (including phenoxy) is 2. The summed E-state index contributed by atoms with van der Waals surface area (Å²) in [6.07, 6.45) is 6.19. The molecule has 1 fully saturated rings. The Bertz CT molecular complexity index is 617. The van der Waals surface area contributed by atoms with E-state index in [1.54, 1.807) is 0 Å². The molecule has 0 radical (unpaired) electrons. The molecule has 1 N–H and O–H groups in total. The summed E-state index contributed by atoms with van der Waals surface area (Å²) >= 11 is 0. The van der Waals surface area contributed by atoms with Gasteiger partial charge in [0.2, 0.25) is 0 Å². The molecule has 3 heterocycles. The summed E-state index contributed by atoms with van der Waals surface area (Å²) in [4.78, 5) is 4.31. The van der Waals surface area contributed by atoms with E-state index in [0.29, 0.717) is 19.3 Å². The van der Waals surface area contributed by atoms with Gasteiger partial charge in [-0.15, -0.1) is 0 Å². The molecule has 0 amide bonds. The van der Waals surface area contributed by atoms with Crippen LogP contribution >= 0.6 is 0 Å². The smallest absolute Gasteiger partial charge is 0.163 e. The lowest BCUT2D eigenvalue weighted by Crippen LogP contribution is -2.17. The molecule has 1 atom stereocenters. The number of benzene rings is 1. The van der Waals surface area contributed by atoms with Crippen molar-refractivity contribution in [1.82, 2.24) is 14.9 Å². The van der Waals surface area contributed by atoms with E-state index in [1.807, 2.05) is 30.7 Å². The van der Waals surface area contributed by atoms with Gasteiger partial charge in [-0.1, -0.05) is 0 Å². The van der Waals surface area contributed by atoms with Gasteiger partial charge in [-0.25, -0.2) is 4.98 Å². The molecule has 1 aromatic heterocycles. The zero-order valence-corrected chi connectivity index (χ0v) is 11.2. The summed E-state index contributed by atoms with van der Waals surface area (Å²) in [5.74, 6) is 1.63. The maximum Gasteiger partial charge on any atom is 0.163 e. The van der Waals surface area contributed by atoms with E-state index < -0.39 is 0 Å². The molecular weight excluding hydrogens is 254 g/mol. The number of hydrogen-bond donors (Lipinski definition) is 1. The topological polar surface area (TPSA) is 48.3 Å². The minimum Gasteiger partial charge on any atom is -0.486 e. The SMILES string of the molecule is c1cc2c(cc1-n1cncc1C1CCCN1)OCCO2. The van der Waals surface area contributed by atoms with Gasteiger partial charge in [0.05, 0.1) is 23.9 Å². The lowest BCUT2D eigenvalue weighted by molar-refractivity contribution is 0.171. The normalized spacial score (nSPS) is 21.1. The summed E-state index contributed by atoms with van der Waals surface area (Å²) < 4.78 is 13.3. The number of hydrogen-bond acceptors (Lipinski definition) is 4. The van der Waals surface area contributed by atoms with E-state index in [2.05, 4.69) is 14.9 Å². The highest BCUT2D eigenvalue weighted by molar-refractivity contribution is 5.50. The van der Waals surface area contributed by atoms with Crippen LogP contribution in [0.25, 0.3) is 5.69 Å². The first-order valence-electron chi connectivity index (χ1n) is 7.07. The van der Waals surface area contributed by atoms with Crippen molar-refractivity contribution in [2.45, 2.75) is 18.9 Å². The van der Waals surface area contributed by atoms with Crippen LogP contribution in [-0.4, -0.2) is 29.3 Å². The molecule has 2 aliphatic heterocycles. The maximum absolute atomic E-state index is 5.65. The number of nitrogens with zero attached hydrogens (tertiary/aromatic N) is 2. The fourth-order valence-electron chi connectivity index (χ4n) is 2.90. The third-order valence-electron chi connectivity index (χ3n) is 3.89. The number of fused-ring (bicyclic) bond motifs is 1. The van der Waals surface area contributed by atoms with Gasteiger partial charge in [-0.3, -0.25) is 0 Å². The van der Waals surface area contributed by atoms with Gasteiger partial charge in [0.15, 0.2) is 11.5 Å². The molecule has 104 valence electrons. The van der Waals surface area contributed by atoms with E-state index in [0.717, 1.165) is 30.2 Å². The monoisotopic (exact) mass is 271 g/mol. The highest BCUT2D eigenvalue weighted by atomic mass is 16.6. The Morgan fingerprint density at radius 3 is 2.95 bits per heavy atom. The Balaban J connectivity index is 1.72. The van der Waals surface area contributed by atoms with Crippen LogP contribution in [0.4, 0.5) is 0 Å². The molecule has 5 nitrogen and oxygen atoms in total. The molecule has 5 heteroatoms. The van der Waals surface area contributed by atoms with Crippen molar-refractivity contribution < 1.29 is 9.47 Å². The van der Waals surface area contributed by atoms with E-state index in [9.17, 15) is 0 Å². The molecule has 2 aromatic rings. The lowest BCUT2D eigenvalue weighted by atomic mass is 10.1. The third kappa shape index (κ3) is 1.94. The van der Waals surface area contributed by atoms with Crippen LogP contribution in [0.1, 0.15) is 24.6 Å². The van der Waals surface area contributed by atoms with Gasteiger partial charge in [0.25, 0.3) is 0 Å². The summed E-state index contributed by atoms with van der Waals surface area (Å²) in [5, 5.41) is 3.51. The second-order valence-corrected chi connectivity index (χ2v) is 5.17. The molecule has 1 unspecified atom stereocenters. The van der Waals surface area contributed by atoms with E-state index in [1.165, 1.54) is 12.1 Å². The molecule has 20 heavy (non-hydrogen) atoms. The molecule has 2 aliphatic rings. The van der Waals surface area contributed by atoms with Gasteiger partial charge in [0.1, 0.15) is 13.2 Å². The molecule has 0 saturated carbocycles. The van der Waals surface area contributed by atoms with Gasteiger partial charge in [0, 0.05) is 12.1 Å². The zero-order valence-electron chi connectivity index (χ0n) is 11.2. The van der Waals surface area contributed by atoms with E-state index >= 15 is 0 Å². The number of imidazole rings is 1. The van der Waals surface area contributed by atoms with Crippen molar-refractivity contribution in [2.75, 3.05) is 19.8 Å². The minimum absolute atomic E-state index is 0.394. The van der Waals surface area contributed by atoms with Crippen LogP contribution in [0, 0.1) is 0 Å². The maximum atomic E-state index is 5.65. The van der Waals surface area contributed by atoms with Crippen LogP contribution < -0.4 is 14.8 Å². The Kier molecular flexibility index (Phi) is 2.85. The fraction of sp³-hybridized carbons (Fsp3) is 0.400. The van der Waals surface area contributed by atoms with Crippen LogP contribution in [0.5, 0.6) is 11.5 Å². The predicted octanol–water partition coefficient (Wildman–Crippen LogP) is 2.07. The molecule has 0 spiro atoms. The van der Waals surface area contributed by atoms with Crippen molar-refractivity contribution in [3.05, 3.63) is 36.4 Å². The van der Waals surface area contributed by atoms with Crippen LogP contribution in [0.15, 0.2) is 30.7 Å². The van der Waals surface area contributed by atoms with Gasteiger partial charge >= 0.3 is 0 Å². The largest absolute Gasteiger partial charge is 0.486 e. The number of aromatic nitrogens is 2. The molecule has 1 aromatic carbocycles. The van der Waals surface area contributed by atoms with Crippen molar-refractivity contribution in [1.29, 1.82) is 0 Å². The van der Waals surface area contributed by atoms with Gasteiger partial charge < -0.3 is 19.4 Å². The summed E-state index contributed by atoms with van der Waals surface area (Å²) in [5.41, 5.74) is 2.27. The molecular formula is C15H17N3O2. The van der Waals surface area contributed by atoms with Crippen molar-refractivity contribution in [2.24, 2.45) is 0 Å². The molecule has 1 saturated heterocycles. The molecule has 4 rings (SSSR count). The Morgan fingerprint density at radius 2 is 2.10 bits per heavy atom. The Labute approximate surface area is 117 Å². The Hall–Kier alpha value is -2.01. The van der Waals surface area contributed by atoms with Crippen LogP contribution in [-0.2, 0) is 0 Å². The van der Waals surface area contributed by atoms with Crippen LogP contribution in [0.3, 0.4) is 0 Å². The van der Waals surface area contributed by atoms with Gasteiger partial charge in [-0.05, 0) is 31.5 Å². The minimum atomic E-state index is 0.394. The first kappa shape index (κ1) is 11.8. The molecule has 0 bridgehead atoms. The zero-order chi connectivity index (χ0) is 13.4. The first-order valence-corrected chi connectivity index (χ1v) is 7.07. The fourth-order valence-corrected chi connectivity index (χ4v) is 2.90. The quantitative estimate of drug-likeness (QED) is 0.908. The number of rotatable bonds is 2. The second kappa shape index (κ2) is 4.83.